The smallest absolute Gasteiger partial charge is 0.225 e. The van der Waals surface area contributed by atoms with Gasteiger partial charge in [-0.1, -0.05) is 0 Å². The van der Waals surface area contributed by atoms with Crippen LogP contribution in [0.4, 0.5) is 11.5 Å². The molecule has 1 N–H and O–H groups in total. The van der Waals surface area contributed by atoms with Crippen LogP contribution in [0.3, 0.4) is 0 Å². The maximum atomic E-state index is 11.6. The first-order chi connectivity index (χ1) is 9.60. The molecule has 1 saturated heterocycles. The first kappa shape index (κ1) is 15.1. The van der Waals surface area contributed by atoms with E-state index < -0.39 is 0 Å². The number of rotatable bonds is 4. The minimum absolute atomic E-state index is 0.0164. The van der Waals surface area contributed by atoms with E-state index in [1.165, 1.54) is 0 Å². The highest BCUT2D eigenvalue weighted by molar-refractivity contribution is 7.80. The largest absolute Gasteiger partial charge is 0.354 e. The lowest BCUT2D eigenvalue weighted by Gasteiger charge is -2.33. The van der Waals surface area contributed by atoms with Gasteiger partial charge in [0.15, 0.2) is 0 Å². The third kappa shape index (κ3) is 3.86. The second kappa shape index (κ2) is 6.95. The molecule has 2 heterocycles. The molecule has 0 aliphatic carbocycles. The van der Waals surface area contributed by atoms with Crippen molar-refractivity contribution < 1.29 is 4.79 Å². The van der Waals surface area contributed by atoms with Crippen molar-refractivity contribution in [3.8, 4) is 0 Å². The van der Waals surface area contributed by atoms with Gasteiger partial charge in [0.2, 0.25) is 5.91 Å². The van der Waals surface area contributed by atoms with Gasteiger partial charge >= 0.3 is 0 Å². The summed E-state index contributed by atoms with van der Waals surface area (Å²) >= 11 is 4.06. The zero-order chi connectivity index (χ0) is 14.5. The standard InChI is InChI=1S/C14H22N4OS/c1-11-12(16-14(19)5-10-20)3-4-13(15-11)18-8-6-17(2)7-9-18/h3-4,20H,5-10H2,1-2H3,(H,16,19). The van der Waals surface area contributed by atoms with Crippen LogP contribution >= 0.6 is 12.6 Å². The number of hydrogen-bond acceptors (Lipinski definition) is 5. The van der Waals surface area contributed by atoms with E-state index in [0.717, 1.165) is 43.4 Å². The van der Waals surface area contributed by atoms with Crippen LogP contribution in [0.5, 0.6) is 0 Å². The molecule has 0 spiro atoms. The summed E-state index contributed by atoms with van der Waals surface area (Å²) in [6.07, 6.45) is 0.419. The number of hydrogen-bond donors (Lipinski definition) is 2. The molecule has 0 bridgehead atoms. The number of aromatic nitrogens is 1. The monoisotopic (exact) mass is 294 g/mol. The minimum atomic E-state index is -0.0164. The Labute approximate surface area is 125 Å². The van der Waals surface area contributed by atoms with Gasteiger partial charge in [-0.05, 0) is 31.9 Å². The normalized spacial score (nSPS) is 16.2. The van der Waals surface area contributed by atoms with E-state index >= 15 is 0 Å². The molecule has 2 rings (SSSR count). The Hall–Kier alpha value is -1.27. The fourth-order valence-corrected chi connectivity index (χ4v) is 2.41. The Morgan fingerprint density at radius 2 is 2.05 bits per heavy atom. The van der Waals surface area contributed by atoms with Crippen molar-refractivity contribution in [2.45, 2.75) is 13.3 Å². The van der Waals surface area contributed by atoms with Gasteiger partial charge in [0.1, 0.15) is 5.82 Å². The number of likely N-dealkylation sites (N-methyl/N-ethyl adjacent to an activating group) is 1. The fourth-order valence-electron chi connectivity index (χ4n) is 2.21. The Kier molecular flexibility index (Phi) is 5.25. The quantitative estimate of drug-likeness (QED) is 0.824. The Balaban J connectivity index is 2.03. The van der Waals surface area contributed by atoms with Crippen LogP contribution in [0.1, 0.15) is 12.1 Å². The second-order valence-corrected chi connectivity index (χ2v) is 5.56. The summed E-state index contributed by atoms with van der Waals surface area (Å²) in [6.45, 7) is 6.03. The lowest BCUT2D eigenvalue weighted by atomic mass is 10.2. The molecule has 0 radical (unpaired) electrons. The third-order valence-corrected chi connectivity index (χ3v) is 3.73. The number of nitrogens with zero attached hydrogens (tertiary/aromatic N) is 3. The summed E-state index contributed by atoms with van der Waals surface area (Å²) in [6, 6.07) is 3.92. The molecular formula is C14H22N4OS. The minimum Gasteiger partial charge on any atom is -0.354 e. The molecular weight excluding hydrogens is 272 g/mol. The highest BCUT2D eigenvalue weighted by Crippen LogP contribution is 2.19. The van der Waals surface area contributed by atoms with Crippen molar-refractivity contribution in [1.29, 1.82) is 0 Å². The Bertz CT molecular complexity index is 472. The molecule has 0 atom stereocenters. The summed E-state index contributed by atoms with van der Waals surface area (Å²) in [5, 5.41) is 2.87. The van der Waals surface area contributed by atoms with Gasteiger partial charge in [-0.15, -0.1) is 0 Å². The number of nitrogens with one attached hydrogen (secondary N) is 1. The third-order valence-electron chi connectivity index (χ3n) is 3.51. The molecule has 1 fully saturated rings. The second-order valence-electron chi connectivity index (χ2n) is 5.11. The van der Waals surface area contributed by atoms with E-state index in [4.69, 9.17) is 0 Å². The molecule has 1 aromatic heterocycles. The first-order valence-corrected chi connectivity index (χ1v) is 7.55. The lowest BCUT2D eigenvalue weighted by molar-refractivity contribution is -0.115. The number of pyridine rings is 1. The van der Waals surface area contributed by atoms with Crippen LogP contribution < -0.4 is 10.2 Å². The summed E-state index contributed by atoms with van der Waals surface area (Å²) < 4.78 is 0. The van der Waals surface area contributed by atoms with Crippen LogP contribution in [0, 0.1) is 6.92 Å². The van der Waals surface area contributed by atoms with Crippen molar-refractivity contribution in [1.82, 2.24) is 9.88 Å². The lowest BCUT2D eigenvalue weighted by Crippen LogP contribution is -2.44. The first-order valence-electron chi connectivity index (χ1n) is 6.92. The van der Waals surface area contributed by atoms with Crippen molar-refractivity contribution in [2.75, 3.05) is 49.2 Å². The SMILES string of the molecule is Cc1nc(N2CCN(C)CC2)ccc1NC(=O)CCS. The Morgan fingerprint density at radius 3 is 2.65 bits per heavy atom. The Morgan fingerprint density at radius 1 is 1.35 bits per heavy atom. The number of anilines is 2. The summed E-state index contributed by atoms with van der Waals surface area (Å²) in [5.74, 6) is 1.53. The molecule has 1 aliphatic heterocycles. The van der Waals surface area contributed by atoms with Gasteiger partial charge < -0.3 is 15.1 Å². The average molecular weight is 294 g/mol. The van der Waals surface area contributed by atoms with E-state index in [1.807, 2.05) is 19.1 Å². The molecule has 0 saturated carbocycles. The number of aryl methyl sites for hydroxylation is 1. The van der Waals surface area contributed by atoms with Crippen molar-refractivity contribution in [3.63, 3.8) is 0 Å². The van der Waals surface area contributed by atoms with E-state index in [0.29, 0.717) is 12.2 Å². The van der Waals surface area contributed by atoms with Crippen molar-refractivity contribution in [3.05, 3.63) is 17.8 Å². The summed E-state index contributed by atoms with van der Waals surface area (Å²) in [5.41, 5.74) is 1.64. The molecule has 1 amide bonds. The van der Waals surface area contributed by atoms with Gasteiger partial charge in [0, 0.05) is 32.6 Å². The highest BCUT2D eigenvalue weighted by atomic mass is 32.1. The van der Waals surface area contributed by atoms with Gasteiger partial charge in [0.25, 0.3) is 0 Å². The van der Waals surface area contributed by atoms with Crippen LogP contribution in [0.2, 0.25) is 0 Å². The van der Waals surface area contributed by atoms with Crippen LogP contribution in [0.15, 0.2) is 12.1 Å². The molecule has 1 aromatic rings. The highest BCUT2D eigenvalue weighted by Gasteiger charge is 2.16. The molecule has 0 unspecified atom stereocenters. The van der Waals surface area contributed by atoms with Crippen molar-refractivity contribution >= 4 is 30.0 Å². The zero-order valence-corrected chi connectivity index (χ0v) is 13.0. The molecule has 0 aromatic carbocycles. The van der Waals surface area contributed by atoms with Gasteiger partial charge in [-0.2, -0.15) is 12.6 Å². The van der Waals surface area contributed by atoms with Crippen LogP contribution in [-0.2, 0) is 4.79 Å². The van der Waals surface area contributed by atoms with Gasteiger partial charge in [0.05, 0.1) is 11.4 Å². The number of thiol groups is 1. The number of carbonyl (C=O) groups is 1. The molecule has 1 aliphatic rings. The molecule has 110 valence electrons. The molecule has 6 heteroatoms. The maximum absolute atomic E-state index is 11.6. The summed E-state index contributed by atoms with van der Waals surface area (Å²) in [4.78, 5) is 20.8. The number of carbonyl (C=O) groups excluding carboxylic acids is 1. The molecule has 20 heavy (non-hydrogen) atoms. The van der Waals surface area contributed by atoms with E-state index in [9.17, 15) is 4.79 Å². The van der Waals surface area contributed by atoms with Gasteiger partial charge in [-0.25, -0.2) is 4.98 Å². The average Bonchev–Trinajstić information content (AvgIpc) is 2.42. The van der Waals surface area contributed by atoms with E-state index in [-0.39, 0.29) is 5.91 Å². The maximum Gasteiger partial charge on any atom is 0.225 e. The number of amides is 1. The predicted molar refractivity (Wildman–Crippen MR) is 85.8 cm³/mol. The zero-order valence-electron chi connectivity index (χ0n) is 12.1. The van der Waals surface area contributed by atoms with E-state index in [1.54, 1.807) is 0 Å². The topological polar surface area (TPSA) is 48.5 Å². The van der Waals surface area contributed by atoms with Crippen LogP contribution in [-0.4, -0.2) is 54.8 Å². The van der Waals surface area contributed by atoms with Crippen molar-refractivity contribution in [2.24, 2.45) is 0 Å². The van der Waals surface area contributed by atoms with E-state index in [2.05, 4.69) is 39.8 Å². The number of piperazine rings is 1. The fraction of sp³-hybridized carbons (Fsp3) is 0.571. The molecule has 5 nitrogen and oxygen atoms in total. The van der Waals surface area contributed by atoms with Crippen LogP contribution in [0.25, 0.3) is 0 Å². The predicted octanol–water partition coefficient (Wildman–Crippen LogP) is 1.40. The summed E-state index contributed by atoms with van der Waals surface area (Å²) in [7, 11) is 2.14. The van der Waals surface area contributed by atoms with Gasteiger partial charge in [-0.3, -0.25) is 4.79 Å².